The minimum atomic E-state index is -1.12. The molecule has 8 heteroatoms. The molecule has 44 heavy (non-hydrogen) atoms. The maximum absolute atomic E-state index is 14.4. The normalized spacial score (nSPS) is 24.0. The molecule has 3 N–H and O–H groups in total. The average molecular weight is 594 g/mol. The first-order chi connectivity index (χ1) is 21.4. The second-order valence-corrected chi connectivity index (χ2v) is 11.3. The van der Waals surface area contributed by atoms with Gasteiger partial charge in [0.25, 0.3) is 5.91 Å². The molecule has 1 fully saturated rings. The first kappa shape index (κ1) is 29.9. The standard InChI is InChI=1S/C36H35NO7/c1-3-4-8-17-37(18-19-43-36-33(40)21(2)32(39)26(20-38)44-36)35(42)31-30-25-16-10-14-22-13-9-15-24(27(22)25)29(30)28(34(31)41)23-11-6-5-7-12-23/h5-7,9-16,21,26,32-33,36,38-40H,8,17-20H2,1-2H3. The van der Waals surface area contributed by atoms with Gasteiger partial charge in [-0.25, -0.2) is 0 Å². The Morgan fingerprint density at radius 2 is 1.64 bits per heavy atom. The predicted molar refractivity (Wildman–Crippen MR) is 167 cm³/mol. The van der Waals surface area contributed by atoms with Gasteiger partial charge >= 0.3 is 0 Å². The Morgan fingerprint density at radius 1 is 0.932 bits per heavy atom. The Bertz CT molecular complexity index is 1720. The van der Waals surface area contributed by atoms with Gasteiger partial charge in [0.15, 0.2) is 12.1 Å². The monoisotopic (exact) mass is 593 g/mol. The molecule has 0 radical (unpaired) electrons. The minimum absolute atomic E-state index is 0.00752. The van der Waals surface area contributed by atoms with Crippen molar-refractivity contribution in [3.63, 3.8) is 0 Å². The molecule has 3 aromatic carbocycles. The van der Waals surface area contributed by atoms with Crippen LogP contribution in [0.5, 0.6) is 0 Å². The van der Waals surface area contributed by atoms with Gasteiger partial charge in [0.1, 0.15) is 12.2 Å². The summed E-state index contributed by atoms with van der Waals surface area (Å²) in [7, 11) is 0. The first-order valence-electron chi connectivity index (χ1n) is 14.9. The maximum atomic E-state index is 14.4. The lowest BCUT2D eigenvalue weighted by Gasteiger charge is -2.40. The van der Waals surface area contributed by atoms with Gasteiger partial charge in [-0.15, -0.1) is 11.8 Å². The summed E-state index contributed by atoms with van der Waals surface area (Å²) >= 11 is 0. The van der Waals surface area contributed by atoms with Gasteiger partial charge in [-0.05, 0) is 34.4 Å². The third-order valence-electron chi connectivity index (χ3n) is 8.76. The summed E-state index contributed by atoms with van der Waals surface area (Å²) in [5, 5.41) is 32.6. The van der Waals surface area contributed by atoms with Crippen molar-refractivity contribution in [1.29, 1.82) is 0 Å². The van der Waals surface area contributed by atoms with Gasteiger partial charge < -0.3 is 29.7 Å². The molecule has 6 rings (SSSR count). The van der Waals surface area contributed by atoms with Crippen LogP contribution in [0.25, 0.3) is 27.5 Å². The zero-order chi connectivity index (χ0) is 31.0. The third-order valence-corrected chi connectivity index (χ3v) is 8.76. The fraction of sp³-hybridized carbons (Fsp3) is 0.333. The highest BCUT2D eigenvalue weighted by Crippen LogP contribution is 2.54. The highest BCUT2D eigenvalue weighted by molar-refractivity contribution is 6.56. The summed E-state index contributed by atoms with van der Waals surface area (Å²) in [4.78, 5) is 30.3. The number of hydrogen-bond donors (Lipinski definition) is 3. The molecule has 1 saturated heterocycles. The SMILES string of the molecule is CC#CCCN(CCOC1OC(CO)C(O)C(C)C1O)C(=O)C1=C2C(=C(c3ccccc3)C1=O)c1cccc3cccc2c13. The van der Waals surface area contributed by atoms with Crippen molar-refractivity contribution in [2.45, 2.75) is 44.9 Å². The number of ether oxygens (including phenoxy) is 2. The Balaban J connectivity index is 1.34. The summed E-state index contributed by atoms with van der Waals surface area (Å²) in [5.41, 5.74) is 4.62. The number of carbonyl (C=O) groups is 2. The van der Waals surface area contributed by atoms with Crippen LogP contribution in [0, 0.1) is 17.8 Å². The summed E-state index contributed by atoms with van der Waals surface area (Å²) in [6, 6.07) is 21.4. The molecule has 2 aliphatic carbocycles. The molecule has 1 amide bonds. The van der Waals surface area contributed by atoms with Gasteiger partial charge in [0.2, 0.25) is 0 Å². The van der Waals surface area contributed by atoms with Crippen molar-refractivity contribution in [1.82, 2.24) is 4.90 Å². The van der Waals surface area contributed by atoms with E-state index in [-0.39, 0.29) is 31.1 Å². The largest absolute Gasteiger partial charge is 0.394 e. The number of rotatable bonds is 9. The van der Waals surface area contributed by atoms with Crippen molar-refractivity contribution < 1.29 is 34.4 Å². The molecule has 0 spiro atoms. The molecule has 0 aromatic heterocycles. The van der Waals surface area contributed by atoms with E-state index < -0.39 is 43.0 Å². The fourth-order valence-corrected chi connectivity index (χ4v) is 6.46. The molecule has 3 aromatic rings. The van der Waals surface area contributed by atoms with Crippen LogP contribution in [-0.4, -0.2) is 82.8 Å². The zero-order valence-electron chi connectivity index (χ0n) is 24.7. The van der Waals surface area contributed by atoms with E-state index in [4.69, 9.17) is 9.47 Å². The predicted octanol–water partition coefficient (Wildman–Crippen LogP) is 3.43. The summed E-state index contributed by atoms with van der Waals surface area (Å²) < 4.78 is 11.5. The summed E-state index contributed by atoms with van der Waals surface area (Å²) in [6.07, 6.45) is -3.75. The van der Waals surface area contributed by atoms with Gasteiger partial charge in [0, 0.05) is 42.1 Å². The van der Waals surface area contributed by atoms with E-state index in [0.29, 0.717) is 17.6 Å². The molecular weight excluding hydrogens is 558 g/mol. The van der Waals surface area contributed by atoms with Crippen LogP contribution in [0.3, 0.4) is 0 Å². The number of fused-ring (bicyclic) bond motifs is 3. The second kappa shape index (κ2) is 12.5. The second-order valence-electron chi connectivity index (χ2n) is 11.3. The number of aliphatic hydroxyl groups is 3. The lowest BCUT2D eigenvalue weighted by atomic mass is 9.91. The van der Waals surface area contributed by atoms with Crippen LogP contribution in [0.4, 0.5) is 0 Å². The molecule has 0 saturated carbocycles. The van der Waals surface area contributed by atoms with Gasteiger partial charge in [-0.3, -0.25) is 9.59 Å². The maximum Gasteiger partial charge on any atom is 0.258 e. The quantitative estimate of drug-likeness (QED) is 0.257. The van der Waals surface area contributed by atoms with E-state index in [0.717, 1.165) is 33.0 Å². The number of aliphatic hydroxyl groups excluding tert-OH is 3. The van der Waals surface area contributed by atoms with Crippen molar-refractivity contribution in [2.75, 3.05) is 26.3 Å². The molecule has 1 aliphatic heterocycles. The van der Waals surface area contributed by atoms with Gasteiger partial charge in [-0.1, -0.05) is 73.7 Å². The molecule has 8 nitrogen and oxygen atoms in total. The van der Waals surface area contributed by atoms with E-state index in [1.165, 1.54) is 0 Å². The number of carbonyl (C=O) groups excluding carboxylic acids is 2. The Hall–Kier alpha value is -4.10. The van der Waals surface area contributed by atoms with Crippen LogP contribution in [0.2, 0.25) is 0 Å². The van der Waals surface area contributed by atoms with Crippen molar-refractivity contribution in [3.05, 3.63) is 89.0 Å². The highest BCUT2D eigenvalue weighted by atomic mass is 16.7. The number of amides is 1. The summed E-state index contributed by atoms with van der Waals surface area (Å²) in [5.74, 6) is 4.55. The number of benzene rings is 3. The molecule has 3 aliphatic rings. The van der Waals surface area contributed by atoms with Gasteiger partial charge in [-0.2, -0.15) is 0 Å². The molecule has 5 unspecified atom stereocenters. The minimum Gasteiger partial charge on any atom is -0.394 e. The molecule has 1 heterocycles. The van der Waals surface area contributed by atoms with Crippen molar-refractivity contribution in [2.24, 2.45) is 5.92 Å². The van der Waals surface area contributed by atoms with Crippen LogP contribution in [-0.2, 0) is 19.1 Å². The van der Waals surface area contributed by atoms with E-state index in [1.54, 1.807) is 18.7 Å². The number of nitrogens with zero attached hydrogens (tertiary/aromatic N) is 1. The number of hydrogen-bond acceptors (Lipinski definition) is 7. The lowest BCUT2D eigenvalue weighted by molar-refractivity contribution is -0.287. The van der Waals surface area contributed by atoms with Crippen molar-refractivity contribution >= 4 is 39.2 Å². The average Bonchev–Trinajstić information content (AvgIpc) is 3.52. The van der Waals surface area contributed by atoms with Crippen LogP contribution in [0.1, 0.15) is 37.0 Å². The van der Waals surface area contributed by atoms with Crippen molar-refractivity contribution in [3.8, 4) is 11.8 Å². The lowest BCUT2D eigenvalue weighted by Crippen LogP contribution is -2.55. The van der Waals surface area contributed by atoms with E-state index in [9.17, 15) is 24.9 Å². The first-order valence-corrected chi connectivity index (χ1v) is 14.9. The van der Waals surface area contributed by atoms with Crippen LogP contribution in [0.15, 0.2) is 72.3 Å². The van der Waals surface area contributed by atoms with E-state index in [1.807, 2.05) is 66.7 Å². The smallest absolute Gasteiger partial charge is 0.258 e. The Kier molecular flexibility index (Phi) is 8.50. The molecule has 226 valence electrons. The fourth-order valence-electron chi connectivity index (χ4n) is 6.46. The van der Waals surface area contributed by atoms with Crippen LogP contribution < -0.4 is 0 Å². The highest BCUT2D eigenvalue weighted by Gasteiger charge is 2.44. The molecular formula is C36H35NO7. The number of ketones is 1. The van der Waals surface area contributed by atoms with E-state index >= 15 is 0 Å². The Labute approximate surface area is 256 Å². The van der Waals surface area contributed by atoms with E-state index in [2.05, 4.69) is 11.8 Å². The number of allylic oxidation sites excluding steroid dienone is 3. The molecule has 0 bridgehead atoms. The third kappa shape index (κ3) is 5.07. The zero-order valence-corrected chi connectivity index (χ0v) is 24.7. The summed E-state index contributed by atoms with van der Waals surface area (Å²) in [6.45, 7) is 3.33. The molecule has 5 atom stereocenters. The van der Waals surface area contributed by atoms with Crippen LogP contribution >= 0.6 is 0 Å². The van der Waals surface area contributed by atoms with Gasteiger partial charge in [0.05, 0.1) is 24.9 Å². The Morgan fingerprint density at radius 3 is 2.32 bits per heavy atom. The number of Topliss-reactive ketones (excluding diaryl/α,β-unsaturated/α-hetero) is 1. The topological polar surface area (TPSA) is 117 Å².